The normalized spacial score (nSPS) is 27.7. The second-order valence-electron chi connectivity index (χ2n) is 3.41. The fourth-order valence-electron chi connectivity index (χ4n) is 1.75. The molecule has 14 heavy (non-hydrogen) atoms. The molecule has 0 N–H and O–H groups in total. The van der Waals surface area contributed by atoms with Crippen molar-refractivity contribution in [1.29, 1.82) is 0 Å². The Kier molecular flexibility index (Phi) is 3.14. The van der Waals surface area contributed by atoms with Crippen LogP contribution in [-0.2, 0) is 0 Å². The number of hydrogen-bond donors (Lipinski definition) is 0. The van der Waals surface area contributed by atoms with E-state index in [9.17, 15) is 0 Å². The number of halogens is 2. The summed E-state index contributed by atoms with van der Waals surface area (Å²) in [4.78, 5) is 6.03. The summed E-state index contributed by atoms with van der Waals surface area (Å²) in [5.41, 5.74) is 1.07. The molecule has 0 amide bonds. The van der Waals surface area contributed by atoms with Gasteiger partial charge in [-0.1, -0.05) is 23.2 Å². The van der Waals surface area contributed by atoms with Crippen molar-refractivity contribution in [2.75, 3.05) is 4.90 Å². The van der Waals surface area contributed by atoms with Gasteiger partial charge in [-0.15, -0.1) is 0 Å². The van der Waals surface area contributed by atoms with Crippen LogP contribution in [0.3, 0.4) is 0 Å². The van der Waals surface area contributed by atoms with Crippen molar-refractivity contribution >= 4 is 28.9 Å². The molecule has 2 heterocycles. The summed E-state index contributed by atoms with van der Waals surface area (Å²) >= 11 is 12.5. The number of alkyl halides is 2. The Bertz CT molecular complexity index is 281. The molecule has 0 aliphatic carbocycles. The molecule has 0 bridgehead atoms. The van der Waals surface area contributed by atoms with E-state index in [-0.39, 0.29) is 11.0 Å². The van der Waals surface area contributed by atoms with Gasteiger partial charge in [0.25, 0.3) is 0 Å². The molecule has 1 saturated heterocycles. The lowest BCUT2D eigenvalue weighted by Gasteiger charge is -2.37. The zero-order chi connectivity index (χ0) is 9.97. The van der Waals surface area contributed by atoms with E-state index < -0.39 is 0 Å². The lowest BCUT2D eigenvalue weighted by molar-refractivity contribution is 0.515. The van der Waals surface area contributed by atoms with E-state index in [1.807, 2.05) is 17.0 Å². The largest absolute Gasteiger partial charge is 0.339 e. The first-order valence-electron chi connectivity index (χ1n) is 4.75. The summed E-state index contributed by atoms with van der Waals surface area (Å²) in [6.07, 6.45) is 6.61. The van der Waals surface area contributed by atoms with Crippen LogP contribution in [0.2, 0.25) is 0 Å². The minimum atomic E-state index is 0.00801. The fraction of sp³-hybridized carbons (Fsp3) is 0.500. The van der Waals surface area contributed by atoms with Gasteiger partial charge in [-0.25, -0.2) is 0 Å². The van der Waals surface area contributed by atoms with E-state index in [1.165, 1.54) is 0 Å². The van der Waals surface area contributed by atoms with Crippen molar-refractivity contribution in [3.63, 3.8) is 0 Å². The number of anilines is 1. The fourth-order valence-corrected chi connectivity index (χ4v) is 2.61. The zero-order valence-corrected chi connectivity index (χ0v) is 9.25. The highest BCUT2D eigenvalue weighted by molar-refractivity contribution is 6.26. The molecule has 4 heteroatoms. The molecule has 0 saturated carbocycles. The van der Waals surface area contributed by atoms with E-state index in [0.29, 0.717) is 0 Å². The van der Waals surface area contributed by atoms with Gasteiger partial charge in [0.15, 0.2) is 0 Å². The molecule has 0 aromatic carbocycles. The number of hydrogen-bond acceptors (Lipinski definition) is 2. The first-order chi connectivity index (χ1) is 6.79. The van der Waals surface area contributed by atoms with Gasteiger partial charge in [0, 0.05) is 18.1 Å². The third kappa shape index (κ3) is 1.96. The molecular formula is C10H12Cl2N2. The molecule has 76 valence electrons. The van der Waals surface area contributed by atoms with Gasteiger partial charge in [-0.3, -0.25) is 4.98 Å². The van der Waals surface area contributed by atoms with Crippen molar-refractivity contribution in [1.82, 2.24) is 4.98 Å². The number of nitrogens with zero attached hydrogens (tertiary/aromatic N) is 2. The molecule has 2 rings (SSSR count). The minimum Gasteiger partial charge on any atom is -0.339 e. The summed E-state index contributed by atoms with van der Waals surface area (Å²) in [5, 5.41) is 0. The Morgan fingerprint density at radius 1 is 1.14 bits per heavy atom. The predicted molar refractivity (Wildman–Crippen MR) is 59.8 cm³/mol. The van der Waals surface area contributed by atoms with E-state index >= 15 is 0 Å². The van der Waals surface area contributed by atoms with Gasteiger partial charge in [0.05, 0.1) is 0 Å². The standard InChI is InChI=1S/C10H12Cl2N2/c11-9-2-1-3-10(12)14(9)8-4-6-13-7-5-8/h4-7,9-10H,1-3H2. The van der Waals surface area contributed by atoms with E-state index in [4.69, 9.17) is 23.2 Å². The molecule has 1 fully saturated rings. The highest BCUT2D eigenvalue weighted by Gasteiger charge is 2.27. The summed E-state index contributed by atoms with van der Waals surface area (Å²) in [7, 11) is 0. The van der Waals surface area contributed by atoms with Gasteiger partial charge in [-0.2, -0.15) is 0 Å². The Hall–Kier alpha value is -0.470. The highest BCUT2D eigenvalue weighted by atomic mass is 35.5. The first kappa shape index (κ1) is 10.1. The van der Waals surface area contributed by atoms with Crippen LogP contribution in [0.5, 0.6) is 0 Å². The second kappa shape index (κ2) is 4.37. The smallest absolute Gasteiger partial charge is 0.105 e. The van der Waals surface area contributed by atoms with Crippen LogP contribution in [-0.4, -0.2) is 16.0 Å². The topological polar surface area (TPSA) is 16.1 Å². The molecule has 1 aliphatic rings. The van der Waals surface area contributed by atoms with Crippen molar-refractivity contribution in [2.45, 2.75) is 30.3 Å². The van der Waals surface area contributed by atoms with Crippen LogP contribution in [0.1, 0.15) is 19.3 Å². The van der Waals surface area contributed by atoms with Crippen molar-refractivity contribution in [3.8, 4) is 0 Å². The summed E-state index contributed by atoms with van der Waals surface area (Å²) in [6, 6.07) is 3.88. The third-order valence-electron chi connectivity index (χ3n) is 2.45. The number of piperidine rings is 1. The zero-order valence-electron chi connectivity index (χ0n) is 7.74. The average molecular weight is 231 g/mol. The number of aromatic nitrogens is 1. The maximum absolute atomic E-state index is 6.23. The average Bonchev–Trinajstić information content (AvgIpc) is 2.19. The lowest BCUT2D eigenvalue weighted by Crippen LogP contribution is -2.41. The van der Waals surface area contributed by atoms with E-state index in [2.05, 4.69) is 4.98 Å². The molecule has 2 atom stereocenters. The Balaban J connectivity index is 2.23. The van der Waals surface area contributed by atoms with Crippen molar-refractivity contribution in [2.24, 2.45) is 0 Å². The van der Waals surface area contributed by atoms with E-state index in [1.54, 1.807) is 12.4 Å². The van der Waals surface area contributed by atoms with Crippen molar-refractivity contribution < 1.29 is 0 Å². The lowest BCUT2D eigenvalue weighted by atomic mass is 10.1. The van der Waals surface area contributed by atoms with Crippen LogP contribution in [0.25, 0.3) is 0 Å². The number of rotatable bonds is 1. The first-order valence-corrected chi connectivity index (χ1v) is 5.63. The molecule has 1 aromatic rings. The van der Waals surface area contributed by atoms with Gasteiger partial charge in [0.1, 0.15) is 11.0 Å². The van der Waals surface area contributed by atoms with Gasteiger partial charge < -0.3 is 4.90 Å². The van der Waals surface area contributed by atoms with Crippen LogP contribution < -0.4 is 4.90 Å². The summed E-state index contributed by atoms with van der Waals surface area (Å²) in [6.45, 7) is 0. The Morgan fingerprint density at radius 2 is 1.71 bits per heavy atom. The molecule has 2 unspecified atom stereocenters. The van der Waals surface area contributed by atoms with Crippen molar-refractivity contribution in [3.05, 3.63) is 24.5 Å². The van der Waals surface area contributed by atoms with Crippen LogP contribution in [0, 0.1) is 0 Å². The summed E-state index contributed by atoms with van der Waals surface area (Å²) in [5.74, 6) is 0. The predicted octanol–water partition coefficient (Wildman–Crippen LogP) is 3.20. The third-order valence-corrected chi connectivity index (χ3v) is 3.31. The molecule has 0 spiro atoms. The van der Waals surface area contributed by atoms with E-state index in [0.717, 1.165) is 24.9 Å². The second-order valence-corrected chi connectivity index (χ2v) is 4.42. The van der Waals surface area contributed by atoms with Crippen LogP contribution >= 0.6 is 23.2 Å². The maximum Gasteiger partial charge on any atom is 0.105 e. The Morgan fingerprint density at radius 3 is 2.29 bits per heavy atom. The van der Waals surface area contributed by atoms with Crippen LogP contribution in [0.15, 0.2) is 24.5 Å². The maximum atomic E-state index is 6.23. The minimum absolute atomic E-state index is 0.00801. The monoisotopic (exact) mass is 230 g/mol. The molecule has 0 radical (unpaired) electrons. The van der Waals surface area contributed by atoms with Gasteiger partial charge in [0.2, 0.25) is 0 Å². The molecule has 2 nitrogen and oxygen atoms in total. The molecule has 1 aliphatic heterocycles. The van der Waals surface area contributed by atoms with Gasteiger partial charge >= 0.3 is 0 Å². The molecule has 1 aromatic heterocycles. The number of pyridine rings is 1. The Labute approximate surface area is 93.8 Å². The quantitative estimate of drug-likeness (QED) is 0.545. The summed E-state index contributed by atoms with van der Waals surface area (Å²) < 4.78 is 0. The van der Waals surface area contributed by atoms with Crippen LogP contribution in [0.4, 0.5) is 5.69 Å². The molecular weight excluding hydrogens is 219 g/mol. The highest BCUT2D eigenvalue weighted by Crippen LogP contribution is 2.32. The SMILES string of the molecule is ClC1CCCC(Cl)N1c1ccncc1. The van der Waals surface area contributed by atoms with Gasteiger partial charge in [-0.05, 0) is 31.4 Å².